The SMILES string of the molecule is COc1cc(NC(=O)CC(c2cc(OC)c3c(c2OC)OCO3)c2c(O)cc(C)oc2=O)cc(OC)c1OC. The van der Waals surface area contributed by atoms with E-state index in [0.717, 1.165) is 0 Å². The third kappa shape index (κ3) is 5.17. The third-order valence-corrected chi connectivity index (χ3v) is 6.17. The number of rotatable bonds is 10. The summed E-state index contributed by atoms with van der Waals surface area (Å²) in [5.74, 6) is 0.426. The zero-order valence-electron chi connectivity index (χ0n) is 22.3. The largest absolute Gasteiger partial charge is 0.507 e. The Morgan fingerprint density at radius 1 is 0.897 bits per heavy atom. The lowest BCUT2D eigenvalue weighted by Crippen LogP contribution is -2.21. The molecule has 1 unspecified atom stereocenters. The quantitative estimate of drug-likeness (QED) is 0.387. The fraction of sp³-hybridized carbons (Fsp3) is 0.333. The van der Waals surface area contributed by atoms with Gasteiger partial charge in [0.1, 0.15) is 11.5 Å². The Labute approximate surface area is 223 Å². The molecule has 1 aromatic heterocycles. The number of carbonyl (C=O) groups is 1. The summed E-state index contributed by atoms with van der Waals surface area (Å²) >= 11 is 0. The summed E-state index contributed by atoms with van der Waals surface area (Å²) in [6.07, 6.45) is -0.308. The van der Waals surface area contributed by atoms with E-state index in [4.69, 9.17) is 37.6 Å². The lowest BCUT2D eigenvalue weighted by atomic mass is 9.87. The van der Waals surface area contributed by atoms with Gasteiger partial charge < -0.3 is 48.0 Å². The fourth-order valence-electron chi connectivity index (χ4n) is 4.50. The van der Waals surface area contributed by atoms with Crippen LogP contribution in [-0.2, 0) is 4.79 Å². The van der Waals surface area contributed by atoms with Crippen LogP contribution in [0.4, 0.5) is 5.69 Å². The first-order valence-corrected chi connectivity index (χ1v) is 11.7. The number of carbonyl (C=O) groups excluding carboxylic acids is 1. The molecule has 0 saturated heterocycles. The normalized spacial score (nSPS) is 12.5. The van der Waals surface area contributed by atoms with Crippen LogP contribution in [-0.4, -0.2) is 53.4 Å². The van der Waals surface area contributed by atoms with Crippen LogP contribution in [0.3, 0.4) is 0 Å². The van der Waals surface area contributed by atoms with Gasteiger partial charge in [-0.15, -0.1) is 0 Å². The van der Waals surface area contributed by atoms with Crippen molar-refractivity contribution in [2.24, 2.45) is 0 Å². The molecule has 1 amide bonds. The van der Waals surface area contributed by atoms with Crippen molar-refractivity contribution in [2.45, 2.75) is 19.3 Å². The maximum atomic E-state index is 13.4. The Morgan fingerprint density at radius 2 is 1.51 bits per heavy atom. The van der Waals surface area contributed by atoms with Crippen molar-refractivity contribution in [1.29, 1.82) is 0 Å². The van der Waals surface area contributed by atoms with Gasteiger partial charge in [0.15, 0.2) is 23.0 Å². The molecule has 3 aromatic rings. The van der Waals surface area contributed by atoms with Crippen LogP contribution in [0.2, 0.25) is 0 Å². The predicted octanol–water partition coefficient (Wildman–Crippen LogP) is 3.59. The minimum atomic E-state index is -1.04. The third-order valence-electron chi connectivity index (χ3n) is 6.17. The Kier molecular flexibility index (Phi) is 7.93. The zero-order valence-corrected chi connectivity index (χ0v) is 22.3. The topological polar surface area (TPSA) is 144 Å². The molecule has 1 aliphatic rings. The molecule has 1 atom stereocenters. The number of hydrogen-bond donors (Lipinski definition) is 2. The summed E-state index contributed by atoms with van der Waals surface area (Å²) < 4.78 is 43.6. The van der Waals surface area contributed by atoms with Crippen LogP contribution in [0.15, 0.2) is 33.5 Å². The highest BCUT2D eigenvalue weighted by atomic mass is 16.7. The van der Waals surface area contributed by atoms with Crippen LogP contribution in [0, 0.1) is 6.92 Å². The first-order chi connectivity index (χ1) is 18.8. The van der Waals surface area contributed by atoms with E-state index in [1.54, 1.807) is 18.2 Å². The molecular formula is C27H29NO11. The van der Waals surface area contributed by atoms with Crippen molar-refractivity contribution in [3.8, 4) is 46.0 Å². The average molecular weight is 544 g/mol. The standard InChI is InChI=1S/C27H29NO11/c1-13-7-17(29)22(27(31)39-13)15(16-10-20(34-4)25-26(23(16)35-5)38-12-37-25)11-21(30)28-14-8-18(32-2)24(36-6)19(9-14)33-3/h7-10,15,29H,11-12H2,1-6H3,(H,28,30). The van der Waals surface area contributed by atoms with Gasteiger partial charge >= 0.3 is 5.63 Å². The second kappa shape index (κ2) is 11.3. The molecule has 2 aromatic carbocycles. The Bertz CT molecular complexity index is 1420. The molecule has 1 aliphatic heterocycles. The van der Waals surface area contributed by atoms with E-state index in [1.807, 2.05) is 0 Å². The van der Waals surface area contributed by atoms with Gasteiger partial charge in [0.25, 0.3) is 0 Å². The number of nitrogens with one attached hydrogen (secondary N) is 1. The minimum absolute atomic E-state index is 0.0737. The molecule has 2 N–H and O–H groups in total. The van der Waals surface area contributed by atoms with Crippen LogP contribution in [0.1, 0.15) is 29.2 Å². The van der Waals surface area contributed by atoms with Gasteiger partial charge in [0.2, 0.25) is 29.9 Å². The number of hydrogen-bond acceptors (Lipinski definition) is 11. The van der Waals surface area contributed by atoms with E-state index >= 15 is 0 Å². The summed E-state index contributed by atoms with van der Waals surface area (Å²) in [5.41, 5.74) is -0.259. The number of benzene rings is 2. The molecule has 39 heavy (non-hydrogen) atoms. The minimum Gasteiger partial charge on any atom is -0.507 e. The summed E-state index contributed by atoms with van der Waals surface area (Å²) in [6, 6.07) is 6.01. The summed E-state index contributed by atoms with van der Waals surface area (Å²) in [6.45, 7) is 1.46. The van der Waals surface area contributed by atoms with Crippen molar-refractivity contribution < 1.29 is 47.5 Å². The number of ether oxygens (including phenoxy) is 7. The fourth-order valence-corrected chi connectivity index (χ4v) is 4.50. The summed E-state index contributed by atoms with van der Waals surface area (Å²) in [4.78, 5) is 26.4. The number of methoxy groups -OCH3 is 5. The summed E-state index contributed by atoms with van der Waals surface area (Å²) in [5, 5.41) is 13.6. The van der Waals surface area contributed by atoms with Gasteiger partial charge in [-0.3, -0.25) is 4.79 Å². The highest BCUT2D eigenvalue weighted by Crippen LogP contribution is 2.53. The molecule has 0 bridgehead atoms. The average Bonchev–Trinajstić information content (AvgIpc) is 3.40. The zero-order chi connectivity index (χ0) is 28.3. The maximum Gasteiger partial charge on any atom is 0.343 e. The van der Waals surface area contributed by atoms with E-state index in [1.165, 1.54) is 48.5 Å². The van der Waals surface area contributed by atoms with Gasteiger partial charge in [-0.2, -0.15) is 0 Å². The molecule has 12 heteroatoms. The van der Waals surface area contributed by atoms with Crippen LogP contribution in [0.5, 0.6) is 46.0 Å². The lowest BCUT2D eigenvalue weighted by molar-refractivity contribution is -0.116. The van der Waals surface area contributed by atoms with Gasteiger partial charge in [0.05, 0.1) is 41.1 Å². The number of amides is 1. The first kappa shape index (κ1) is 27.3. The molecule has 0 saturated carbocycles. The van der Waals surface area contributed by atoms with Gasteiger partial charge in [-0.1, -0.05) is 0 Å². The molecule has 12 nitrogen and oxygen atoms in total. The number of aromatic hydroxyl groups is 1. The van der Waals surface area contributed by atoms with E-state index in [9.17, 15) is 14.7 Å². The van der Waals surface area contributed by atoms with Crippen molar-refractivity contribution >= 4 is 11.6 Å². The van der Waals surface area contributed by atoms with E-state index < -0.39 is 17.5 Å². The number of anilines is 1. The second-order valence-corrected chi connectivity index (χ2v) is 8.43. The van der Waals surface area contributed by atoms with Gasteiger partial charge in [0, 0.05) is 41.8 Å². The van der Waals surface area contributed by atoms with E-state index in [2.05, 4.69) is 5.32 Å². The van der Waals surface area contributed by atoms with Gasteiger partial charge in [-0.25, -0.2) is 4.79 Å². The predicted molar refractivity (Wildman–Crippen MR) is 138 cm³/mol. The van der Waals surface area contributed by atoms with Crippen molar-refractivity contribution in [3.63, 3.8) is 0 Å². The Morgan fingerprint density at radius 3 is 2.08 bits per heavy atom. The highest BCUT2D eigenvalue weighted by Gasteiger charge is 2.34. The number of fused-ring (bicyclic) bond motifs is 1. The van der Waals surface area contributed by atoms with Crippen molar-refractivity contribution in [3.05, 3.63) is 51.6 Å². The van der Waals surface area contributed by atoms with Gasteiger partial charge in [-0.05, 0) is 13.0 Å². The lowest BCUT2D eigenvalue weighted by Gasteiger charge is -2.22. The van der Waals surface area contributed by atoms with Crippen LogP contribution < -0.4 is 44.1 Å². The molecular weight excluding hydrogens is 514 g/mol. The summed E-state index contributed by atoms with van der Waals surface area (Å²) in [7, 11) is 7.24. The number of aryl methyl sites for hydroxylation is 1. The maximum absolute atomic E-state index is 13.4. The molecule has 0 radical (unpaired) electrons. The Balaban J connectivity index is 1.81. The molecule has 0 fully saturated rings. The molecule has 0 spiro atoms. The van der Waals surface area contributed by atoms with Crippen LogP contribution in [0.25, 0.3) is 0 Å². The smallest absolute Gasteiger partial charge is 0.343 e. The van der Waals surface area contributed by atoms with E-state index in [-0.39, 0.29) is 41.8 Å². The Hall–Kier alpha value is -4.74. The highest BCUT2D eigenvalue weighted by molar-refractivity contribution is 5.92. The monoisotopic (exact) mass is 543 g/mol. The van der Waals surface area contributed by atoms with Crippen molar-refractivity contribution in [2.75, 3.05) is 47.7 Å². The molecule has 4 rings (SSSR count). The molecule has 0 aliphatic carbocycles. The first-order valence-electron chi connectivity index (χ1n) is 11.7. The molecule has 208 valence electrons. The van der Waals surface area contributed by atoms with Crippen molar-refractivity contribution in [1.82, 2.24) is 0 Å². The molecule has 2 heterocycles. The van der Waals surface area contributed by atoms with Crippen LogP contribution >= 0.6 is 0 Å². The van der Waals surface area contributed by atoms with E-state index in [0.29, 0.717) is 40.0 Å². The second-order valence-electron chi connectivity index (χ2n) is 8.43.